The summed E-state index contributed by atoms with van der Waals surface area (Å²) in [6, 6.07) is 2.26. The highest BCUT2D eigenvalue weighted by Crippen LogP contribution is 2.35. The molecule has 1 saturated carbocycles. The predicted molar refractivity (Wildman–Crippen MR) is 108 cm³/mol. The first-order valence-electron chi connectivity index (χ1n) is 10.2. The number of nitriles is 1. The number of carbonyl (C=O) groups is 2. The summed E-state index contributed by atoms with van der Waals surface area (Å²) in [6.07, 6.45) is 4.86. The molecule has 0 radical (unpaired) electrons. The third-order valence-electron chi connectivity index (χ3n) is 5.90. The molecule has 3 N–H and O–H groups in total. The number of aliphatic imine (C=N–C) groups is 1. The molecule has 0 aromatic carbocycles. The molecule has 2 amide bonds. The highest BCUT2D eigenvalue weighted by Gasteiger charge is 2.40. The SMILES string of the molecule is C[C@@H]1CN(C2=C(C#N)C(CC(N)=O)=NC(c3cn[nH]c3)N2C)CCN1C(=O)C1CC1. The Morgan fingerprint density at radius 1 is 1.37 bits per heavy atom. The number of nitrogens with one attached hydrogen (secondary N) is 1. The Kier molecular flexibility index (Phi) is 5.20. The van der Waals surface area contributed by atoms with Crippen LogP contribution in [-0.2, 0) is 9.59 Å². The molecule has 1 aliphatic carbocycles. The van der Waals surface area contributed by atoms with Crippen LogP contribution in [0.15, 0.2) is 28.8 Å². The van der Waals surface area contributed by atoms with Crippen LogP contribution in [-0.4, -0.2) is 75.1 Å². The summed E-state index contributed by atoms with van der Waals surface area (Å²) in [5.41, 5.74) is 6.99. The fraction of sp³-hybridized carbons (Fsp3) is 0.550. The first kappa shape index (κ1) is 19.9. The number of rotatable bonds is 5. The van der Waals surface area contributed by atoms with Gasteiger partial charge in [0.1, 0.15) is 17.5 Å². The van der Waals surface area contributed by atoms with E-state index in [1.165, 1.54) is 0 Å². The van der Waals surface area contributed by atoms with Crippen molar-refractivity contribution in [3.05, 3.63) is 29.4 Å². The Labute approximate surface area is 175 Å². The summed E-state index contributed by atoms with van der Waals surface area (Å²) in [6.45, 7) is 3.85. The summed E-state index contributed by atoms with van der Waals surface area (Å²) in [5, 5.41) is 16.7. The molecule has 158 valence electrons. The summed E-state index contributed by atoms with van der Waals surface area (Å²) in [7, 11) is 1.88. The molecule has 1 aromatic rings. The number of hydrogen-bond acceptors (Lipinski definition) is 7. The molecule has 2 atom stereocenters. The molecule has 30 heavy (non-hydrogen) atoms. The van der Waals surface area contributed by atoms with Crippen molar-refractivity contribution >= 4 is 17.5 Å². The van der Waals surface area contributed by atoms with Crippen molar-refractivity contribution in [2.24, 2.45) is 16.6 Å². The van der Waals surface area contributed by atoms with Crippen LogP contribution in [0.5, 0.6) is 0 Å². The van der Waals surface area contributed by atoms with E-state index in [1.54, 1.807) is 12.4 Å². The lowest BCUT2D eigenvalue weighted by Gasteiger charge is -2.46. The minimum Gasteiger partial charge on any atom is -0.369 e. The Morgan fingerprint density at radius 3 is 2.70 bits per heavy atom. The Balaban J connectivity index is 1.65. The van der Waals surface area contributed by atoms with Crippen LogP contribution in [0.4, 0.5) is 0 Å². The molecule has 4 rings (SSSR count). The molecule has 3 heterocycles. The van der Waals surface area contributed by atoms with E-state index in [2.05, 4.69) is 26.2 Å². The van der Waals surface area contributed by atoms with Crippen LogP contribution >= 0.6 is 0 Å². The lowest BCUT2D eigenvalue weighted by molar-refractivity contribution is -0.137. The first-order valence-corrected chi connectivity index (χ1v) is 10.2. The van der Waals surface area contributed by atoms with E-state index >= 15 is 0 Å². The van der Waals surface area contributed by atoms with Crippen LogP contribution in [0.25, 0.3) is 0 Å². The molecule has 1 aromatic heterocycles. The summed E-state index contributed by atoms with van der Waals surface area (Å²) in [5.74, 6) is 0.593. The van der Waals surface area contributed by atoms with Gasteiger partial charge in [0, 0.05) is 50.4 Å². The number of H-pyrrole nitrogens is 1. The Bertz CT molecular complexity index is 941. The highest BCUT2D eigenvalue weighted by molar-refractivity contribution is 6.13. The van der Waals surface area contributed by atoms with Crippen LogP contribution in [0, 0.1) is 17.2 Å². The van der Waals surface area contributed by atoms with E-state index < -0.39 is 12.1 Å². The molecule has 0 bridgehead atoms. The Morgan fingerprint density at radius 2 is 2.13 bits per heavy atom. The molecule has 10 nitrogen and oxygen atoms in total. The lowest BCUT2D eigenvalue weighted by Crippen LogP contribution is -2.56. The van der Waals surface area contributed by atoms with Crippen molar-refractivity contribution in [2.75, 3.05) is 26.7 Å². The van der Waals surface area contributed by atoms with Crippen molar-refractivity contribution in [1.29, 1.82) is 5.26 Å². The second-order valence-electron chi connectivity index (χ2n) is 8.15. The van der Waals surface area contributed by atoms with Gasteiger partial charge in [0.15, 0.2) is 6.17 Å². The van der Waals surface area contributed by atoms with Crippen molar-refractivity contribution in [3.8, 4) is 6.07 Å². The fourth-order valence-electron chi connectivity index (χ4n) is 4.26. The quantitative estimate of drug-likeness (QED) is 0.719. The number of piperazine rings is 1. The minimum absolute atomic E-state index is 0.0264. The zero-order valence-electron chi connectivity index (χ0n) is 17.2. The van der Waals surface area contributed by atoms with Gasteiger partial charge in [-0.15, -0.1) is 0 Å². The number of primary amides is 1. The van der Waals surface area contributed by atoms with Crippen molar-refractivity contribution in [2.45, 2.75) is 38.4 Å². The van der Waals surface area contributed by atoms with Crippen LogP contribution in [0.1, 0.15) is 37.9 Å². The summed E-state index contributed by atoms with van der Waals surface area (Å²) in [4.78, 5) is 34.9. The molecule has 10 heteroatoms. The maximum atomic E-state index is 12.6. The van der Waals surface area contributed by atoms with Gasteiger partial charge < -0.3 is 20.4 Å². The van der Waals surface area contributed by atoms with Gasteiger partial charge in [-0.1, -0.05) is 0 Å². The molecule has 2 fully saturated rings. The van der Waals surface area contributed by atoms with Crippen molar-refractivity contribution < 1.29 is 9.59 Å². The smallest absolute Gasteiger partial charge is 0.226 e. The number of aromatic amines is 1. The molecular weight excluding hydrogens is 384 g/mol. The molecule has 0 spiro atoms. The second-order valence-corrected chi connectivity index (χ2v) is 8.15. The summed E-state index contributed by atoms with van der Waals surface area (Å²) >= 11 is 0. The standard InChI is InChI=1S/C20H26N8O2/c1-12-11-27(5-6-28(12)20(30)13-3-4-13)19-15(8-21)16(7-17(22)29)25-18(26(19)2)14-9-23-24-10-14/h9-10,12-13,18H,3-7,11H2,1-2H3,(H2,22,29)(H,23,24)/t12-,18?/m1/s1. The van der Waals surface area contributed by atoms with Crippen LogP contribution in [0.3, 0.4) is 0 Å². The number of hydrogen-bond donors (Lipinski definition) is 2. The van der Waals surface area contributed by atoms with E-state index in [1.807, 2.05) is 23.8 Å². The number of aromatic nitrogens is 2. The number of nitrogens with zero attached hydrogens (tertiary/aromatic N) is 6. The fourth-order valence-corrected chi connectivity index (χ4v) is 4.26. The molecule has 1 saturated heterocycles. The monoisotopic (exact) mass is 410 g/mol. The molecular formula is C20H26N8O2. The average molecular weight is 410 g/mol. The molecule has 1 unspecified atom stereocenters. The molecule has 2 aliphatic heterocycles. The maximum absolute atomic E-state index is 12.6. The third kappa shape index (κ3) is 3.63. The van der Waals surface area contributed by atoms with E-state index in [0.717, 1.165) is 18.4 Å². The lowest BCUT2D eigenvalue weighted by atomic mass is 10.0. The van der Waals surface area contributed by atoms with E-state index in [0.29, 0.717) is 36.7 Å². The van der Waals surface area contributed by atoms with Crippen LogP contribution < -0.4 is 5.73 Å². The minimum atomic E-state index is -0.537. The van der Waals surface area contributed by atoms with Gasteiger partial charge >= 0.3 is 0 Å². The van der Waals surface area contributed by atoms with Crippen LogP contribution in [0.2, 0.25) is 0 Å². The predicted octanol–water partition coefficient (Wildman–Crippen LogP) is 0.348. The first-order chi connectivity index (χ1) is 14.4. The number of allylic oxidation sites excluding steroid dienone is 1. The van der Waals surface area contributed by atoms with E-state index in [4.69, 9.17) is 5.73 Å². The topological polar surface area (TPSA) is 135 Å². The number of nitrogens with two attached hydrogens (primary N) is 1. The molecule has 3 aliphatic rings. The average Bonchev–Trinajstić information content (AvgIpc) is 3.42. The van der Waals surface area contributed by atoms with Gasteiger partial charge in [-0.05, 0) is 19.8 Å². The largest absolute Gasteiger partial charge is 0.369 e. The number of carbonyl (C=O) groups excluding carboxylic acids is 2. The second kappa shape index (κ2) is 7.82. The Hall–Kier alpha value is -3.35. The van der Waals surface area contributed by atoms with E-state index in [9.17, 15) is 14.9 Å². The van der Waals surface area contributed by atoms with Crippen molar-refractivity contribution in [3.63, 3.8) is 0 Å². The zero-order valence-corrected chi connectivity index (χ0v) is 17.2. The van der Waals surface area contributed by atoms with Gasteiger partial charge in [0.25, 0.3) is 0 Å². The summed E-state index contributed by atoms with van der Waals surface area (Å²) < 4.78 is 0. The van der Waals surface area contributed by atoms with Gasteiger partial charge in [-0.3, -0.25) is 19.7 Å². The normalized spacial score (nSPS) is 24.6. The number of amides is 2. The highest BCUT2D eigenvalue weighted by atomic mass is 16.2. The van der Waals surface area contributed by atoms with E-state index in [-0.39, 0.29) is 24.3 Å². The zero-order chi connectivity index (χ0) is 21.4. The van der Waals surface area contributed by atoms with Gasteiger partial charge in [-0.25, -0.2) is 0 Å². The van der Waals surface area contributed by atoms with Gasteiger partial charge in [0.05, 0.1) is 18.3 Å². The van der Waals surface area contributed by atoms with Crippen molar-refractivity contribution in [1.82, 2.24) is 24.9 Å². The van der Waals surface area contributed by atoms with Gasteiger partial charge in [0.2, 0.25) is 11.8 Å². The maximum Gasteiger partial charge on any atom is 0.226 e. The van der Waals surface area contributed by atoms with Gasteiger partial charge in [-0.2, -0.15) is 10.4 Å². The third-order valence-corrected chi connectivity index (χ3v) is 5.90.